The first-order valence-electron chi connectivity index (χ1n) is 8.34. The third-order valence-corrected chi connectivity index (χ3v) is 5.02. The average molecular weight is 311 g/mol. The Hall–Kier alpha value is -0.570. The Balaban J connectivity index is 0.000000510. The molecule has 0 amide bonds. The van der Waals surface area contributed by atoms with Gasteiger partial charge in [0.05, 0.1) is 0 Å². The first-order chi connectivity index (χ1) is 10.1. The zero-order valence-electron chi connectivity index (χ0n) is 14.2. The highest BCUT2D eigenvalue weighted by atomic mass is 35.5. The minimum absolute atomic E-state index is 0.171. The lowest BCUT2D eigenvalue weighted by Crippen LogP contribution is -2.42. The van der Waals surface area contributed by atoms with Gasteiger partial charge in [0.25, 0.3) is 0 Å². The molecule has 1 saturated heterocycles. The van der Waals surface area contributed by atoms with Gasteiger partial charge in [-0.05, 0) is 62.0 Å². The Labute approximate surface area is 135 Å². The minimum Gasteiger partial charge on any atom is -0.323 e. The van der Waals surface area contributed by atoms with Crippen molar-refractivity contribution in [3.05, 3.63) is 34.3 Å². The summed E-state index contributed by atoms with van der Waals surface area (Å²) >= 11 is 6.30. The molecule has 0 unspecified atom stereocenters. The number of likely N-dealkylation sites (tertiary alicyclic amines) is 1. The first-order valence-corrected chi connectivity index (χ1v) is 8.72. The van der Waals surface area contributed by atoms with E-state index >= 15 is 0 Å². The number of nitrogens with zero attached hydrogens (tertiary/aromatic N) is 1. The predicted octanol–water partition coefficient (Wildman–Crippen LogP) is 4.66. The lowest BCUT2D eigenvalue weighted by atomic mass is 9.73. The number of hydrogen-bond donors (Lipinski definition) is 1. The molecular formula is C18H31ClN2. The lowest BCUT2D eigenvalue weighted by Gasteiger charge is -2.41. The summed E-state index contributed by atoms with van der Waals surface area (Å²) in [4.78, 5) is 2.39. The summed E-state index contributed by atoms with van der Waals surface area (Å²) < 4.78 is 0. The number of benzene rings is 1. The largest absolute Gasteiger partial charge is 0.323 e. The van der Waals surface area contributed by atoms with Crippen molar-refractivity contribution in [2.45, 2.75) is 53.0 Å². The van der Waals surface area contributed by atoms with Crippen LogP contribution in [0.5, 0.6) is 0 Å². The molecule has 3 heteroatoms. The van der Waals surface area contributed by atoms with E-state index in [0.29, 0.717) is 0 Å². The smallest absolute Gasteiger partial charge is 0.0441 e. The van der Waals surface area contributed by atoms with E-state index in [1.165, 1.54) is 24.0 Å². The van der Waals surface area contributed by atoms with Crippen LogP contribution in [-0.2, 0) is 6.42 Å². The fraction of sp³-hybridized carbons (Fsp3) is 0.667. The topological polar surface area (TPSA) is 29.3 Å². The van der Waals surface area contributed by atoms with Gasteiger partial charge in [0, 0.05) is 11.1 Å². The van der Waals surface area contributed by atoms with Gasteiger partial charge in [0.1, 0.15) is 0 Å². The third-order valence-electron chi connectivity index (χ3n) is 4.66. The Morgan fingerprint density at radius 2 is 1.71 bits per heavy atom. The second-order valence-corrected chi connectivity index (χ2v) is 6.03. The van der Waals surface area contributed by atoms with Gasteiger partial charge in [-0.3, -0.25) is 0 Å². The van der Waals surface area contributed by atoms with Crippen LogP contribution in [0.2, 0.25) is 5.02 Å². The summed E-state index contributed by atoms with van der Waals surface area (Å²) in [7, 11) is 2.19. The molecule has 1 aliphatic carbocycles. The summed E-state index contributed by atoms with van der Waals surface area (Å²) in [5.74, 6) is 0. The van der Waals surface area contributed by atoms with Crippen LogP contribution in [0.25, 0.3) is 0 Å². The zero-order chi connectivity index (χ0) is 16.0. The zero-order valence-corrected chi connectivity index (χ0v) is 15.0. The Morgan fingerprint density at radius 1 is 1.14 bits per heavy atom. The maximum atomic E-state index is 6.49. The molecule has 2 N–H and O–H groups in total. The average Bonchev–Trinajstić information content (AvgIpc) is 2.82. The Kier molecular flexibility index (Phi) is 7.19. The van der Waals surface area contributed by atoms with Crippen molar-refractivity contribution >= 4 is 11.6 Å². The fourth-order valence-electron chi connectivity index (χ4n) is 3.40. The number of hydrogen-bond acceptors (Lipinski definition) is 2. The van der Waals surface area contributed by atoms with Gasteiger partial charge < -0.3 is 10.6 Å². The number of halogens is 1. The normalized spacial score (nSPS) is 22.7. The van der Waals surface area contributed by atoms with E-state index < -0.39 is 0 Å². The number of piperidine rings is 1. The fourth-order valence-corrected chi connectivity index (χ4v) is 3.65. The molecule has 3 rings (SSSR count). The molecule has 2 nitrogen and oxygen atoms in total. The van der Waals surface area contributed by atoms with Gasteiger partial charge in [0.15, 0.2) is 0 Å². The molecule has 21 heavy (non-hydrogen) atoms. The summed E-state index contributed by atoms with van der Waals surface area (Å²) in [6.07, 6.45) is 3.45. The number of rotatable bonds is 0. The molecular weight excluding hydrogens is 280 g/mol. The van der Waals surface area contributed by atoms with Crippen molar-refractivity contribution in [1.82, 2.24) is 4.90 Å². The van der Waals surface area contributed by atoms with Crippen LogP contribution in [-0.4, -0.2) is 25.0 Å². The first kappa shape index (κ1) is 18.5. The van der Waals surface area contributed by atoms with Crippen molar-refractivity contribution in [3.63, 3.8) is 0 Å². The van der Waals surface area contributed by atoms with Gasteiger partial charge in [-0.2, -0.15) is 0 Å². The standard InChI is InChI=1S/C14H19ClN2.2C2H6/c1-17-7-5-14(6-8-17)9-11-10(13(14)16)3-2-4-12(11)15;2*1-2/h2-4,13H,5-9,16H2,1H3;2*1-2H3/t13-;;/m0../s1. The van der Waals surface area contributed by atoms with Crippen molar-refractivity contribution < 1.29 is 0 Å². The monoisotopic (exact) mass is 310 g/mol. The van der Waals surface area contributed by atoms with Crippen LogP contribution in [0.4, 0.5) is 0 Å². The van der Waals surface area contributed by atoms with E-state index in [0.717, 1.165) is 24.5 Å². The summed E-state index contributed by atoms with van der Waals surface area (Å²) in [5.41, 5.74) is 9.33. The second-order valence-electron chi connectivity index (χ2n) is 5.63. The van der Waals surface area contributed by atoms with Gasteiger partial charge in [-0.15, -0.1) is 0 Å². The Bertz CT molecular complexity index is 437. The van der Waals surface area contributed by atoms with Crippen LogP contribution < -0.4 is 5.73 Å². The van der Waals surface area contributed by atoms with Gasteiger partial charge >= 0.3 is 0 Å². The molecule has 1 aromatic carbocycles. The van der Waals surface area contributed by atoms with Crippen LogP contribution in [0.1, 0.15) is 57.7 Å². The van der Waals surface area contributed by atoms with E-state index in [4.69, 9.17) is 17.3 Å². The van der Waals surface area contributed by atoms with E-state index in [-0.39, 0.29) is 11.5 Å². The molecule has 1 heterocycles. The number of nitrogens with two attached hydrogens (primary N) is 1. The molecule has 1 aromatic rings. The molecule has 120 valence electrons. The highest BCUT2D eigenvalue weighted by Gasteiger charge is 2.45. The van der Waals surface area contributed by atoms with Crippen LogP contribution >= 0.6 is 11.6 Å². The molecule has 1 aliphatic heterocycles. The maximum Gasteiger partial charge on any atom is 0.0441 e. The van der Waals surface area contributed by atoms with Crippen LogP contribution in [0.3, 0.4) is 0 Å². The minimum atomic E-state index is 0.171. The van der Waals surface area contributed by atoms with E-state index in [1.807, 2.05) is 39.8 Å². The van der Waals surface area contributed by atoms with Gasteiger partial charge in [-0.1, -0.05) is 51.4 Å². The van der Waals surface area contributed by atoms with Crippen LogP contribution in [0.15, 0.2) is 18.2 Å². The van der Waals surface area contributed by atoms with Crippen molar-refractivity contribution in [3.8, 4) is 0 Å². The maximum absolute atomic E-state index is 6.49. The molecule has 0 radical (unpaired) electrons. The van der Waals surface area contributed by atoms with Crippen molar-refractivity contribution in [2.75, 3.05) is 20.1 Å². The molecule has 1 spiro atoms. The molecule has 1 atom stereocenters. The highest BCUT2D eigenvalue weighted by molar-refractivity contribution is 6.31. The van der Waals surface area contributed by atoms with Crippen molar-refractivity contribution in [1.29, 1.82) is 0 Å². The number of fused-ring (bicyclic) bond motifs is 1. The van der Waals surface area contributed by atoms with E-state index in [1.54, 1.807) is 0 Å². The van der Waals surface area contributed by atoms with Crippen molar-refractivity contribution in [2.24, 2.45) is 11.1 Å². The van der Waals surface area contributed by atoms with Gasteiger partial charge in [0.2, 0.25) is 0 Å². The van der Waals surface area contributed by atoms with E-state index in [2.05, 4.69) is 18.0 Å². The molecule has 0 bridgehead atoms. The highest BCUT2D eigenvalue weighted by Crippen LogP contribution is 2.51. The lowest BCUT2D eigenvalue weighted by molar-refractivity contribution is 0.106. The molecule has 0 saturated carbocycles. The SMILES string of the molecule is CC.CC.CN1CCC2(CC1)Cc1c(Cl)cccc1[C@@H]2N. The summed E-state index contributed by atoms with van der Waals surface area (Å²) in [5, 5.41) is 0.897. The molecule has 0 aromatic heterocycles. The molecule has 1 fully saturated rings. The second kappa shape index (κ2) is 8.17. The Morgan fingerprint density at radius 3 is 2.24 bits per heavy atom. The quantitative estimate of drug-likeness (QED) is 0.755. The summed E-state index contributed by atoms with van der Waals surface area (Å²) in [6.45, 7) is 10.3. The third kappa shape index (κ3) is 3.61. The molecule has 2 aliphatic rings. The van der Waals surface area contributed by atoms with Crippen LogP contribution in [0, 0.1) is 5.41 Å². The summed E-state index contributed by atoms with van der Waals surface area (Å²) in [6, 6.07) is 6.33. The van der Waals surface area contributed by atoms with Gasteiger partial charge in [-0.25, -0.2) is 0 Å². The predicted molar refractivity (Wildman–Crippen MR) is 93.9 cm³/mol. The van der Waals surface area contributed by atoms with E-state index in [9.17, 15) is 0 Å².